The monoisotopic (exact) mass is 207 g/mol. The summed E-state index contributed by atoms with van der Waals surface area (Å²) in [4.78, 5) is 0. The molecular weight excluding hydrogens is 199 g/mol. The van der Waals surface area contributed by atoms with Gasteiger partial charge in [0.05, 0.1) is 0 Å². The number of halogens is 1. The van der Waals surface area contributed by atoms with Gasteiger partial charge in [0.25, 0.3) is 0 Å². The second-order valence-electron chi connectivity index (χ2n) is 1.73. The van der Waals surface area contributed by atoms with Crippen LogP contribution in [0.5, 0.6) is 0 Å². The van der Waals surface area contributed by atoms with Crippen molar-refractivity contribution in [2.45, 2.75) is 6.92 Å². The normalized spacial score (nSPS) is 29.6. The SMILES string of the molecule is CC1C=C=C[I-]C1. The Balaban J connectivity index is 2.57. The summed E-state index contributed by atoms with van der Waals surface area (Å²) in [6.45, 7) is 2.25. The minimum atomic E-state index is 0.407. The third kappa shape index (κ3) is 1.66. The molecular formula is C6H8I-. The van der Waals surface area contributed by atoms with Gasteiger partial charge >= 0.3 is 54.4 Å². The van der Waals surface area contributed by atoms with E-state index in [1.165, 1.54) is 4.43 Å². The van der Waals surface area contributed by atoms with Gasteiger partial charge < -0.3 is 0 Å². The van der Waals surface area contributed by atoms with Crippen molar-refractivity contribution < 1.29 is 21.2 Å². The van der Waals surface area contributed by atoms with Gasteiger partial charge in [-0.1, -0.05) is 0 Å². The second-order valence-corrected chi connectivity index (χ2v) is 4.11. The van der Waals surface area contributed by atoms with Crippen LogP contribution < -0.4 is 21.2 Å². The zero-order valence-electron chi connectivity index (χ0n) is 4.32. The first-order valence-corrected chi connectivity index (χ1v) is 5.15. The third-order valence-electron chi connectivity index (χ3n) is 0.853. The molecule has 1 heterocycles. The molecule has 0 radical (unpaired) electrons. The van der Waals surface area contributed by atoms with E-state index in [4.69, 9.17) is 0 Å². The van der Waals surface area contributed by atoms with Gasteiger partial charge in [-0.15, -0.1) is 0 Å². The zero-order valence-corrected chi connectivity index (χ0v) is 6.47. The van der Waals surface area contributed by atoms with Gasteiger partial charge in [0.1, 0.15) is 0 Å². The molecule has 1 atom stereocenters. The van der Waals surface area contributed by atoms with Crippen LogP contribution in [0, 0.1) is 5.92 Å². The Hall–Kier alpha value is 0.250. The van der Waals surface area contributed by atoms with Crippen molar-refractivity contribution in [3.05, 3.63) is 15.9 Å². The molecule has 0 N–H and O–H groups in total. The van der Waals surface area contributed by atoms with E-state index in [9.17, 15) is 0 Å². The first kappa shape index (κ1) is 5.39. The summed E-state index contributed by atoms with van der Waals surface area (Å²) in [5.41, 5.74) is 3.13. The van der Waals surface area contributed by atoms with Gasteiger partial charge in [0.2, 0.25) is 0 Å². The summed E-state index contributed by atoms with van der Waals surface area (Å²) < 4.78 is 3.63. The van der Waals surface area contributed by atoms with Gasteiger partial charge in [-0.2, -0.15) is 0 Å². The molecule has 1 aliphatic heterocycles. The van der Waals surface area contributed by atoms with Gasteiger partial charge in [0, 0.05) is 0 Å². The Morgan fingerprint density at radius 1 is 1.86 bits per heavy atom. The standard InChI is InChI=1S/C6H8I/c1-6-3-2-4-7-5-6/h3-4,6H,5H2,1H3/q-1. The van der Waals surface area contributed by atoms with Crippen LogP contribution in [-0.4, -0.2) is 4.43 Å². The van der Waals surface area contributed by atoms with Crippen molar-refractivity contribution in [2.24, 2.45) is 5.92 Å². The topological polar surface area (TPSA) is 0 Å². The summed E-state index contributed by atoms with van der Waals surface area (Å²) >= 11 is 0.407. The van der Waals surface area contributed by atoms with Crippen molar-refractivity contribution in [3.8, 4) is 0 Å². The molecule has 0 aromatic heterocycles. The van der Waals surface area contributed by atoms with E-state index in [0.29, 0.717) is 21.2 Å². The number of hydrogen-bond acceptors (Lipinski definition) is 0. The summed E-state index contributed by atoms with van der Waals surface area (Å²) in [6, 6.07) is 0. The first-order chi connectivity index (χ1) is 3.39. The van der Waals surface area contributed by atoms with E-state index in [-0.39, 0.29) is 0 Å². The quantitative estimate of drug-likeness (QED) is 0.255. The van der Waals surface area contributed by atoms with Gasteiger partial charge in [-0.3, -0.25) is 0 Å². The molecule has 0 saturated heterocycles. The third-order valence-corrected chi connectivity index (χ3v) is 3.55. The maximum absolute atomic E-state index is 3.13. The van der Waals surface area contributed by atoms with Crippen LogP contribution >= 0.6 is 0 Å². The van der Waals surface area contributed by atoms with E-state index in [1.54, 1.807) is 0 Å². The Kier molecular flexibility index (Phi) is 1.95. The summed E-state index contributed by atoms with van der Waals surface area (Å²) in [5, 5.41) is 0. The van der Waals surface area contributed by atoms with E-state index in [0.717, 1.165) is 5.92 Å². The average molecular weight is 207 g/mol. The predicted molar refractivity (Wildman–Crippen MR) is 26.7 cm³/mol. The minimum absolute atomic E-state index is 0.407. The first-order valence-electron chi connectivity index (χ1n) is 2.38. The van der Waals surface area contributed by atoms with E-state index >= 15 is 0 Å². The molecule has 0 fully saturated rings. The maximum atomic E-state index is 3.13. The molecule has 0 aromatic carbocycles. The van der Waals surface area contributed by atoms with Crippen molar-refractivity contribution in [1.82, 2.24) is 0 Å². The molecule has 0 nitrogen and oxygen atoms in total. The summed E-state index contributed by atoms with van der Waals surface area (Å²) in [6.07, 6.45) is 2.16. The van der Waals surface area contributed by atoms with Crippen molar-refractivity contribution in [1.29, 1.82) is 0 Å². The number of alkyl halides is 1. The molecule has 0 amide bonds. The molecule has 1 aliphatic rings. The number of hydrogen-bond donors (Lipinski definition) is 0. The molecule has 0 aliphatic carbocycles. The van der Waals surface area contributed by atoms with E-state index in [2.05, 4.69) is 22.8 Å². The van der Waals surface area contributed by atoms with Crippen molar-refractivity contribution in [3.63, 3.8) is 0 Å². The van der Waals surface area contributed by atoms with Crippen LogP contribution in [-0.2, 0) is 0 Å². The fraction of sp³-hybridized carbons (Fsp3) is 0.500. The Labute approximate surface area is 54.6 Å². The fourth-order valence-electron chi connectivity index (χ4n) is 0.475. The summed E-state index contributed by atoms with van der Waals surface area (Å²) in [5.74, 6) is 0.817. The van der Waals surface area contributed by atoms with Crippen LogP contribution in [0.4, 0.5) is 0 Å². The molecule has 1 unspecified atom stereocenters. The molecule has 1 rings (SSSR count). The van der Waals surface area contributed by atoms with E-state index in [1.807, 2.05) is 0 Å². The van der Waals surface area contributed by atoms with Crippen LogP contribution in [0.15, 0.2) is 15.9 Å². The van der Waals surface area contributed by atoms with Gasteiger partial charge in [-0.05, 0) is 0 Å². The Bertz CT molecular complexity index is 109. The Morgan fingerprint density at radius 3 is 3.00 bits per heavy atom. The van der Waals surface area contributed by atoms with Gasteiger partial charge in [-0.25, -0.2) is 0 Å². The van der Waals surface area contributed by atoms with Crippen LogP contribution in [0.1, 0.15) is 6.92 Å². The van der Waals surface area contributed by atoms with Crippen LogP contribution in [0.2, 0.25) is 0 Å². The molecule has 0 spiro atoms. The van der Waals surface area contributed by atoms with E-state index < -0.39 is 0 Å². The second kappa shape index (κ2) is 2.53. The molecule has 40 valence electrons. The predicted octanol–water partition coefficient (Wildman–Crippen LogP) is -1.61. The zero-order chi connectivity index (χ0) is 5.11. The molecule has 0 saturated carbocycles. The van der Waals surface area contributed by atoms with Gasteiger partial charge in [0.15, 0.2) is 0 Å². The number of allylic oxidation sites excluding steroid dienone is 1. The molecule has 0 aromatic rings. The fourth-order valence-corrected chi connectivity index (χ4v) is 2.25. The van der Waals surface area contributed by atoms with Crippen molar-refractivity contribution >= 4 is 0 Å². The molecule has 1 heteroatoms. The van der Waals surface area contributed by atoms with Crippen LogP contribution in [0.3, 0.4) is 0 Å². The summed E-state index contributed by atoms with van der Waals surface area (Å²) in [7, 11) is 0. The molecule has 0 bridgehead atoms. The number of rotatable bonds is 0. The average Bonchev–Trinajstić information content (AvgIpc) is 1.69. The van der Waals surface area contributed by atoms with Crippen LogP contribution in [0.25, 0.3) is 0 Å². The Morgan fingerprint density at radius 2 is 2.71 bits per heavy atom. The molecule has 7 heavy (non-hydrogen) atoms. The van der Waals surface area contributed by atoms with Crippen molar-refractivity contribution in [2.75, 3.05) is 4.43 Å².